The highest BCUT2D eigenvalue weighted by Gasteiger charge is 2.24. The van der Waals surface area contributed by atoms with Crippen molar-refractivity contribution in [3.8, 4) is 10.8 Å². The number of rotatable bonds is 4. The van der Waals surface area contributed by atoms with Crippen LogP contribution in [0.15, 0.2) is 21.9 Å². The standard InChI is InChI=1S/C15H19N3O3S/c1-11-2-3-13(21-11)14-16-12(10-22-14)15(20)18-6-4-17(5-7-18)8-9-19/h2-3,10,19H,4-9H2,1H3. The minimum absolute atomic E-state index is 0.0329. The van der Waals surface area contributed by atoms with Gasteiger partial charge in [0.25, 0.3) is 5.91 Å². The quantitative estimate of drug-likeness (QED) is 0.923. The van der Waals surface area contributed by atoms with Gasteiger partial charge in [0.15, 0.2) is 10.8 Å². The van der Waals surface area contributed by atoms with Gasteiger partial charge in [0.05, 0.1) is 6.61 Å². The summed E-state index contributed by atoms with van der Waals surface area (Å²) < 4.78 is 5.54. The highest BCUT2D eigenvalue weighted by atomic mass is 32.1. The zero-order chi connectivity index (χ0) is 15.5. The van der Waals surface area contributed by atoms with Gasteiger partial charge in [-0.05, 0) is 19.1 Å². The Morgan fingerprint density at radius 2 is 2.14 bits per heavy atom. The molecule has 1 fully saturated rings. The van der Waals surface area contributed by atoms with Crippen molar-refractivity contribution < 1.29 is 14.3 Å². The molecule has 0 saturated carbocycles. The normalized spacial score (nSPS) is 16.2. The van der Waals surface area contributed by atoms with Crippen molar-refractivity contribution in [1.82, 2.24) is 14.8 Å². The van der Waals surface area contributed by atoms with Crippen LogP contribution in [0.4, 0.5) is 0 Å². The lowest BCUT2D eigenvalue weighted by atomic mass is 10.3. The second-order valence-electron chi connectivity index (χ2n) is 5.31. The average Bonchev–Trinajstić information content (AvgIpc) is 3.16. The van der Waals surface area contributed by atoms with Crippen LogP contribution in [-0.4, -0.2) is 65.1 Å². The monoisotopic (exact) mass is 321 g/mol. The van der Waals surface area contributed by atoms with Crippen LogP contribution in [-0.2, 0) is 0 Å². The van der Waals surface area contributed by atoms with E-state index in [1.54, 1.807) is 5.38 Å². The maximum Gasteiger partial charge on any atom is 0.273 e. The topological polar surface area (TPSA) is 69.8 Å². The summed E-state index contributed by atoms with van der Waals surface area (Å²) >= 11 is 1.42. The van der Waals surface area contributed by atoms with E-state index in [9.17, 15) is 4.79 Å². The summed E-state index contributed by atoms with van der Waals surface area (Å²) in [6, 6.07) is 3.76. The molecule has 0 aliphatic carbocycles. The number of piperazine rings is 1. The molecule has 22 heavy (non-hydrogen) atoms. The molecule has 3 heterocycles. The summed E-state index contributed by atoms with van der Waals surface area (Å²) in [6.45, 7) is 5.64. The first kappa shape index (κ1) is 15.2. The van der Waals surface area contributed by atoms with Crippen LogP contribution in [0.1, 0.15) is 16.2 Å². The number of hydrogen-bond donors (Lipinski definition) is 1. The molecule has 2 aromatic heterocycles. The number of thiazole rings is 1. The predicted molar refractivity (Wildman–Crippen MR) is 84.0 cm³/mol. The molecule has 1 aliphatic rings. The van der Waals surface area contributed by atoms with Crippen LogP contribution in [0.5, 0.6) is 0 Å². The van der Waals surface area contributed by atoms with Crippen molar-refractivity contribution in [3.63, 3.8) is 0 Å². The van der Waals surface area contributed by atoms with E-state index in [2.05, 4.69) is 9.88 Å². The van der Waals surface area contributed by atoms with Crippen molar-refractivity contribution in [2.45, 2.75) is 6.92 Å². The van der Waals surface area contributed by atoms with Crippen LogP contribution in [0.25, 0.3) is 10.8 Å². The van der Waals surface area contributed by atoms with Gasteiger partial charge in [-0.25, -0.2) is 4.98 Å². The highest BCUT2D eigenvalue weighted by Crippen LogP contribution is 2.26. The van der Waals surface area contributed by atoms with Gasteiger partial charge < -0.3 is 14.4 Å². The minimum Gasteiger partial charge on any atom is -0.459 e. The lowest BCUT2D eigenvalue weighted by molar-refractivity contribution is 0.0610. The molecule has 0 atom stereocenters. The largest absolute Gasteiger partial charge is 0.459 e. The Hall–Kier alpha value is -1.70. The van der Waals surface area contributed by atoms with Gasteiger partial charge in [0.1, 0.15) is 11.5 Å². The van der Waals surface area contributed by atoms with Gasteiger partial charge in [-0.2, -0.15) is 0 Å². The zero-order valence-corrected chi connectivity index (χ0v) is 13.3. The van der Waals surface area contributed by atoms with Gasteiger partial charge in [-0.1, -0.05) is 0 Å². The minimum atomic E-state index is -0.0329. The van der Waals surface area contributed by atoms with Crippen LogP contribution in [0.2, 0.25) is 0 Å². The van der Waals surface area contributed by atoms with Crippen molar-refractivity contribution >= 4 is 17.2 Å². The van der Waals surface area contributed by atoms with Crippen molar-refractivity contribution in [2.75, 3.05) is 39.3 Å². The van der Waals surface area contributed by atoms with E-state index in [4.69, 9.17) is 9.52 Å². The Labute approximate surface area is 133 Å². The first-order valence-electron chi connectivity index (χ1n) is 7.32. The molecule has 7 heteroatoms. The Balaban J connectivity index is 1.65. The Morgan fingerprint density at radius 3 is 2.77 bits per heavy atom. The summed E-state index contributed by atoms with van der Waals surface area (Å²) in [5.41, 5.74) is 0.477. The van der Waals surface area contributed by atoms with Crippen molar-refractivity contribution in [2.24, 2.45) is 0 Å². The second kappa shape index (κ2) is 6.60. The molecule has 6 nitrogen and oxygen atoms in total. The molecule has 0 aromatic carbocycles. The number of hydrogen-bond acceptors (Lipinski definition) is 6. The third kappa shape index (κ3) is 3.21. The van der Waals surface area contributed by atoms with E-state index >= 15 is 0 Å². The third-order valence-electron chi connectivity index (χ3n) is 3.75. The molecule has 1 amide bonds. The van der Waals surface area contributed by atoms with Crippen LogP contribution >= 0.6 is 11.3 Å². The lowest BCUT2D eigenvalue weighted by Crippen LogP contribution is -2.49. The molecule has 0 spiro atoms. The number of furan rings is 1. The molecular formula is C15H19N3O3S. The van der Waals surface area contributed by atoms with Gasteiger partial charge in [-0.3, -0.25) is 9.69 Å². The summed E-state index contributed by atoms with van der Waals surface area (Å²) in [7, 11) is 0. The van der Waals surface area contributed by atoms with E-state index in [1.165, 1.54) is 11.3 Å². The van der Waals surface area contributed by atoms with E-state index in [-0.39, 0.29) is 12.5 Å². The molecule has 1 saturated heterocycles. The number of aliphatic hydroxyl groups is 1. The molecule has 3 rings (SSSR count). The number of nitrogens with zero attached hydrogens (tertiary/aromatic N) is 3. The summed E-state index contributed by atoms with van der Waals surface area (Å²) in [4.78, 5) is 20.9. The molecule has 0 bridgehead atoms. The zero-order valence-electron chi connectivity index (χ0n) is 12.5. The predicted octanol–water partition coefficient (Wildman–Crippen LogP) is 1.46. The number of β-amino-alcohol motifs (C(OH)–C–C–N with tert-alkyl or cyclic N) is 1. The number of amides is 1. The van der Waals surface area contributed by atoms with Gasteiger partial charge in [0, 0.05) is 38.1 Å². The maximum absolute atomic E-state index is 12.5. The first-order valence-corrected chi connectivity index (χ1v) is 8.20. The molecule has 1 N–H and O–H groups in total. The van der Waals surface area contributed by atoms with Gasteiger partial charge >= 0.3 is 0 Å². The number of aryl methyl sites for hydroxylation is 1. The van der Waals surface area contributed by atoms with Crippen molar-refractivity contribution in [1.29, 1.82) is 0 Å². The van der Waals surface area contributed by atoms with Crippen LogP contribution in [0, 0.1) is 6.92 Å². The fraction of sp³-hybridized carbons (Fsp3) is 0.467. The number of carbonyl (C=O) groups is 1. The Morgan fingerprint density at radius 1 is 1.36 bits per heavy atom. The van der Waals surface area contributed by atoms with Crippen LogP contribution < -0.4 is 0 Å². The molecule has 2 aromatic rings. The fourth-order valence-corrected chi connectivity index (χ4v) is 3.27. The summed E-state index contributed by atoms with van der Waals surface area (Å²) in [5, 5.41) is 11.5. The Kier molecular flexibility index (Phi) is 4.56. The number of aliphatic hydroxyl groups excluding tert-OH is 1. The average molecular weight is 321 g/mol. The first-order chi connectivity index (χ1) is 10.7. The fourth-order valence-electron chi connectivity index (χ4n) is 2.51. The van der Waals surface area contributed by atoms with Crippen LogP contribution in [0.3, 0.4) is 0 Å². The molecule has 1 aliphatic heterocycles. The van der Waals surface area contributed by atoms with E-state index in [1.807, 2.05) is 24.0 Å². The summed E-state index contributed by atoms with van der Waals surface area (Å²) in [5.74, 6) is 1.50. The number of aromatic nitrogens is 1. The third-order valence-corrected chi connectivity index (χ3v) is 4.61. The highest BCUT2D eigenvalue weighted by molar-refractivity contribution is 7.13. The van der Waals surface area contributed by atoms with E-state index in [0.29, 0.717) is 31.1 Å². The smallest absolute Gasteiger partial charge is 0.273 e. The molecule has 0 unspecified atom stereocenters. The SMILES string of the molecule is Cc1ccc(-c2nc(C(=O)N3CCN(CCO)CC3)cs2)o1. The van der Waals surface area contributed by atoms with Gasteiger partial charge in [-0.15, -0.1) is 11.3 Å². The summed E-state index contributed by atoms with van der Waals surface area (Å²) in [6.07, 6.45) is 0. The van der Waals surface area contributed by atoms with E-state index < -0.39 is 0 Å². The number of carbonyl (C=O) groups excluding carboxylic acids is 1. The van der Waals surface area contributed by atoms with Gasteiger partial charge in [0.2, 0.25) is 0 Å². The Bertz CT molecular complexity index is 644. The molecular weight excluding hydrogens is 302 g/mol. The van der Waals surface area contributed by atoms with E-state index in [0.717, 1.165) is 23.9 Å². The lowest BCUT2D eigenvalue weighted by Gasteiger charge is -2.33. The second-order valence-corrected chi connectivity index (χ2v) is 6.16. The molecule has 0 radical (unpaired) electrons. The molecule has 118 valence electrons. The van der Waals surface area contributed by atoms with Crippen molar-refractivity contribution in [3.05, 3.63) is 29.0 Å². The maximum atomic E-state index is 12.5.